The number of imidazole rings is 1. The number of nitrogens with zero attached hydrogens (tertiary/aromatic N) is 4. The second-order valence-electron chi connectivity index (χ2n) is 7.51. The number of aromatic nitrogens is 4. The first kappa shape index (κ1) is 15.3. The molecule has 2 aliphatic heterocycles. The lowest BCUT2D eigenvalue weighted by atomic mass is 9.95. The number of rotatable bonds is 1. The quantitative estimate of drug-likeness (QED) is 0.823. The van der Waals surface area contributed by atoms with Gasteiger partial charge in [-0.25, -0.2) is 15.0 Å². The van der Waals surface area contributed by atoms with E-state index in [4.69, 9.17) is 0 Å². The number of carbonyl (C=O) groups excluding carboxylic acids is 1. The maximum atomic E-state index is 13.0. The lowest BCUT2D eigenvalue weighted by Gasteiger charge is -2.26. The zero-order chi connectivity index (χ0) is 16.9. The van der Waals surface area contributed by atoms with Gasteiger partial charge in [-0.2, -0.15) is 0 Å². The third-order valence-corrected chi connectivity index (χ3v) is 4.63. The molecule has 1 amide bonds. The average Bonchev–Trinajstić information content (AvgIpc) is 3.18. The first-order valence-electron chi connectivity index (χ1n) is 8.33. The smallest absolute Gasteiger partial charge is 0.246 e. The zero-order valence-corrected chi connectivity index (χ0v) is 14.3. The van der Waals surface area contributed by atoms with Crippen LogP contribution in [0.2, 0.25) is 0 Å². The number of amides is 1. The van der Waals surface area contributed by atoms with Crippen molar-refractivity contribution >= 4 is 5.91 Å². The van der Waals surface area contributed by atoms with Crippen LogP contribution in [0, 0.1) is 0 Å². The number of hydrogen-bond acceptors (Lipinski definition) is 5. The summed E-state index contributed by atoms with van der Waals surface area (Å²) in [7, 11) is 0. The van der Waals surface area contributed by atoms with Crippen LogP contribution in [0.1, 0.15) is 55.3 Å². The fourth-order valence-electron chi connectivity index (χ4n) is 3.28. The second-order valence-corrected chi connectivity index (χ2v) is 7.51. The van der Waals surface area contributed by atoms with Crippen molar-refractivity contribution < 1.29 is 4.79 Å². The summed E-state index contributed by atoms with van der Waals surface area (Å²) in [5.74, 6) is 0.874. The Balaban J connectivity index is 1.56. The number of H-pyrrole nitrogens is 1. The summed E-state index contributed by atoms with van der Waals surface area (Å²) in [5.41, 5.74) is 3.78. The highest BCUT2D eigenvalue weighted by Crippen LogP contribution is 2.28. The average molecular weight is 326 g/mol. The summed E-state index contributed by atoms with van der Waals surface area (Å²) < 4.78 is 0. The predicted molar refractivity (Wildman–Crippen MR) is 88.0 cm³/mol. The van der Waals surface area contributed by atoms with E-state index in [0.717, 1.165) is 41.4 Å². The molecule has 7 nitrogen and oxygen atoms in total. The summed E-state index contributed by atoms with van der Waals surface area (Å²) in [6, 6.07) is -0.371. The SMILES string of the molecule is CC(C)(C)c1ncc2c(n1)CN(C(=O)C1NCCc3[nH]cnc31)C2. The van der Waals surface area contributed by atoms with Crippen LogP contribution >= 0.6 is 0 Å². The van der Waals surface area contributed by atoms with E-state index < -0.39 is 0 Å². The molecule has 24 heavy (non-hydrogen) atoms. The Morgan fingerprint density at radius 1 is 1.29 bits per heavy atom. The standard InChI is InChI=1S/C17H22N6O/c1-17(2,3)16-19-6-10-7-23(8-12(10)22-16)15(24)14-13-11(4-5-18-14)20-9-21-13/h6,9,14,18H,4-5,7-8H2,1-3H3,(H,20,21). The fraction of sp³-hybridized carbons (Fsp3) is 0.529. The number of aromatic amines is 1. The van der Waals surface area contributed by atoms with Gasteiger partial charge in [-0.15, -0.1) is 0 Å². The van der Waals surface area contributed by atoms with Gasteiger partial charge in [0.25, 0.3) is 0 Å². The molecule has 1 atom stereocenters. The highest BCUT2D eigenvalue weighted by atomic mass is 16.2. The van der Waals surface area contributed by atoms with E-state index in [0.29, 0.717) is 13.1 Å². The molecular formula is C17H22N6O. The molecule has 2 aromatic heterocycles. The Morgan fingerprint density at radius 2 is 2.12 bits per heavy atom. The molecule has 0 spiro atoms. The van der Waals surface area contributed by atoms with Crippen molar-refractivity contribution in [2.75, 3.05) is 6.54 Å². The lowest BCUT2D eigenvalue weighted by molar-refractivity contribution is -0.134. The van der Waals surface area contributed by atoms with Crippen LogP contribution in [-0.2, 0) is 29.7 Å². The molecule has 0 aliphatic carbocycles. The van der Waals surface area contributed by atoms with Gasteiger partial charge < -0.3 is 15.2 Å². The van der Waals surface area contributed by atoms with Gasteiger partial charge in [0, 0.05) is 42.4 Å². The van der Waals surface area contributed by atoms with Crippen molar-refractivity contribution in [3.8, 4) is 0 Å². The molecule has 7 heteroatoms. The van der Waals surface area contributed by atoms with Crippen molar-refractivity contribution in [1.29, 1.82) is 0 Å². The van der Waals surface area contributed by atoms with Crippen molar-refractivity contribution in [2.24, 2.45) is 0 Å². The largest absolute Gasteiger partial charge is 0.348 e. The summed E-state index contributed by atoms with van der Waals surface area (Å²) in [6.07, 6.45) is 4.40. The topological polar surface area (TPSA) is 86.8 Å². The molecule has 0 saturated heterocycles. The normalized spacial score (nSPS) is 20.0. The van der Waals surface area contributed by atoms with Crippen LogP contribution in [0.4, 0.5) is 0 Å². The molecule has 0 bridgehead atoms. The van der Waals surface area contributed by atoms with Crippen LogP contribution in [0.15, 0.2) is 12.5 Å². The third-order valence-electron chi connectivity index (χ3n) is 4.63. The van der Waals surface area contributed by atoms with Gasteiger partial charge in [0.15, 0.2) is 0 Å². The molecule has 4 heterocycles. The van der Waals surface area contributed by atoms with Gasteiger partial charge in [0.05, 0.1) is 24.3 Å². The van der Waals surface area contributed by atoms with Gasteiger partial charge in [0.2, 0.25) is 5.91 Å². The predicted octanol–water partition coefficient (Wildman–Crippen LogP) is 1.23. The van der Waals surface area contributed by atoms with Crippen LogP contribution in [0.25, 0.3) is 0 Å². The van der Waals surface area contributed by atoms with E-state index in [1.807, 2.05) is 11.1 Å². The van der Waals surface area contributed by atoms with Gasteiger partial charge in [-0.3, -0.25) is 4.79 Å². The first-order chi connectivity index (χ1) is 11.4. The lowest BCUT2D eigenvalue weighted by Crippen LogP contribution is -2.42. The van der Waals surface area contributed by atoms with Crippen molar-refractivity contribution in [3.05, 3.63) is 41.0 Å². The van der Waals surface area contributed by atoms with Crippen LogP contribution in [0.3, 0.4) is 0 Å². The molecule has 0 radical (unpaired) electrons. The molecule has 2 aromatic rings. The van der Waals surface area contributed by atoms with E-state index in [1.165, 1.54) is 0 Å². The van der Waals surface area contributed by atoms with E-state index in [-0.39, 0.29) is 17.4 Å². The molecule has 126 valence electrons. The van der Waals surface area contributed by atoms with E-state index in [9.17, 15) is 4.79 Å². The first-order valence-corrected chi connectivity index (χ1v) is 8.33. The molecule has 0 aromatic carbocycles. The van der Waals surface area contributed by atoms with Crippen molar-refractivity contribution in [1.82, 2.24) is 30.2 Å². The Bertz CT molecular complexity index is 791. The number of carbonyl (C=O) groups is 1. The molecule has 4 rings (SSSR count). The molecule has 0 saturated carbocycles. The molecule has 0 fully saturated rings. The van der Waals surface area contributed by atoms with E-state index >= 15 is 0 Å². The second kappa shape index (κ2) is 5.37. The minimum absolute atomic E-state index is 0.0540. The Hall–Kier alpha value is -2.28. The van der Waals surface area contributed by atoms with Gasteiger partial charge in [-0.1, -0.05) is 20.8 Å². The monoisotopic (exact) mass is 326 g/mol. The third kappa shape index (κ3) is 2.49. The van der Waals surface area contributed by atoms with Crippen LogP contribution in [0.5, 0.6) is 0 Å². The number of fused-ring (bicyclic) bond motifs is 2. The minimum Gasteiger partial charge on any atom is -0.348 e. The van der Waals surface area contributed by atoms with Crippen LogP contribution < -0.4 is 5.32 Å². The fourth-order valence-corrected chi connectivity index (χ4v) is 3.28. The van der Waals surface area contributed by atoms with Crippen LogP contribution in [-0.4, -0.2) is 37.3 Å². The minimum atomic E-state index is -0.371. The maximum Gasteiger partial charge on any atom is 0.246 e. The van der Waals surface area contributed by atoms with Crippen molar-refractivity contribution in [3.63, 3.8) is 0 Å². The zero-order valence-electron chi connectivity index (χ0n) is 14.3. The Morgan fingerprint density at radius 3 is 2.92 bits per heavy atom. The summed E-state index contributed by atoms with van der Waals surface area (Å²) >= 11 is 0. The van der Waals surface area contributed by atoms with E-state index in [1.54, 1.807) is 6.33 Å². The van der Waals surface area contributed by atoms with Crippen molar-refractivity contribution in [2.45, 2.75) is 51.7 Å². The van der Waals surface area contributed by atoms with Gasteiger partial charge >= 0.3 is 0 Å². The molecular weight excluding hydrogens is 304 g/mol. The van der Waals surface area contributed by atoms with Gasteiger partial charge in [0.1, 0.15) is 11.9 Å². The molecule has 2 aliphatic rings. The highest BCUT2D eigenvalue weighted by molar-refractivity contribution is 5.83. The Labute approximate surface area is 140 Å². The summed E-state index contributed by atoms with van der Waals surface area (Å²) in [6.45, 7) is 8.17. The Kier molecular flexibility index (Phi) is 3.42. The maximum absolute atomic E-state index is 13.0. The number of hydrogen-bond donors (Lipinski definition) is 2. The summed E-state index contributed by atoms with van der Waals surface area (Å²) in [5, 5.41) is 3.29. The van der Waals surface area contributed by atoms with Gasteiger partial charge in [-0.05, 0) is 0 Å². The van der Waals surface area contributed by atoms with E-state index in [2.05, 4.69) is 46.0 Å². The highest BCUT2D eigenvalue weighted by Gasteiger charge is 2.35. The number of nitrogens with one attached hydrogen (secondary N) is 2. The molecule has 2 N–H and O–H groups in total. The molecule has 1 unspecified atom stereocenters. The summed E-state index contributed by atoms with van der Waals surface area (Å²) in [4.78, 5) is 31.4.